The first-order valence-corrected chi connectivity index (χ1v) is 11.4. The molecule has 0 spiro atoms. The first kappa shape index (κ1) is 23.0. The average molecular weight is 414 g/mol. The summed E-state index contributed by atoms with van der Waals surface area (Å²) in [4.78, 5) is 4.74. The van der Waals surface area contributed by atoms with Gasteiger partial charge in [-0.25, -0.2) is 0 Å². The van der Waals surface area contributed by atoms with E-state index in [9.17, 15) is 5.11 Å². The summed E-state index contributed by atoms with van der Waals surface area (Å²) in [5, 5.41) is 10.8. The molecule has 0 aliphatic carbocycles. The molecule has 1 aliphatic heterocycles. The summed E-state index contributed by atoms with van der Waals surface area (Å²) in [7, 11) is 0. The Kier molecular flexibility index (Phi) is 8.94. The average Bonchev–Trinajstić information content (AvgIpc) is 3.15. The van der Waals surface area contributed by atoms with Crippen molar-refractivity contribution >= 4 is 0 Å². The van der Waals surface area contributed by atoms with Gasteiger partial charge in [0.05, 0.1) is 19.3 Å². The highest BCUT2D eigenvalue weighted by atomic mass is 16.5. The second-order valence-electron chi connectivity index (χ2n) is 9.04. The summed E-state index contributed by atoms with van der Waals surface area (Å²) in [5.74, 6) is 0.655. The quantitative estimate of drug-likeness (QED) is 0.613. The molecule has 1 aromatic heterocycles. The molecule has 1 fully saturated rings. The molecule has 5 heteroatoms. The van der Waals surface area contributed by atoms with E-state index >= 15 is 0 Å². The molecule has 5 nitrogen and oxygen atoms in total. The predicted octanol–water partition coefficient (Wildman–Crippen LogP) is 3.39. The van der Waals surface area contributed by atoms with E-state index in [2.05, 4.69) is 77.7 Å². The maximum atomic E-state index is 10.8. The van der Waals surface area contributed by atoms with Gasteiger partial charge in [-0.3, -0.25) is 9.80 Å². The molecule has 1 aromatic carbocycles. The van der Waals surface area contributed by atoms with E-state index in [-0.39, 0.29) is 6.10 Å². The van der Waals surface area contributed by atoms with Crippen LogP contribution in [0.15, 0.2) is 42.6 Å². The summed E-state index contributed by atoms with van der Waals surface area (Å²) in [5.41, 5.74) is 3.99. The van der Waals surface area contributed by atoms with Crippen LogP contribution in [0.4, 0.5) is 0 Å². The van der Waals surface area contributed by atoms with Gasteiger partial charge in [0.15, 0.2) is 0 Å². The summed E-state index contributed by atoms with van der Waals surface area (Å²) >= 11 is 0. The van der Waals surface area contributed by atoms with E-state index in [1.165, 1.54) is 16.8 Å². The van der Waals surface area contributed by atoms with Gasteiger partial charge in [0.2, 0.25) is 0 Å². The highest BCUT2D eigenvalue weighted by Gasteiger charge is 2.19. The van der Waals surface area contributed by atoms with Crippen LogP contribution in [0.1, 0.15) is 37.1 Å². The zero-order chi connectivity index (χ0) is 21.3. The van der Waals surface area contributed by atoms with Gasteiger partial charge in [0.25, 0.3) is 0 Å². The molecule has 1 atom stereocenters. The second-order valence-corrected chi connectivity index (χ2v) is 9.04. The number of aliphatic hydroxyl groups is 1. The predicted molar refractivity (Wildman–Crippen MR) is 123 cm³/mol. The molecular formula is C25H39N3O2. The molecule has 1 aliphatic rings. The maximum Gasteiger partial charge on any atom is 0.0793 e. The van der Waals surface area contributed by atoms with Crippen LogP contribution in [0.3, 0.4) is 0 Å². The van der Waals surface area contributed by atoms with Gasteiger partial charge in [0, 0.05) is 51.2 Å². The largest absolute Gasteiger partial charge is 0.390 e. The minimum Gasteiger partial charge on any atom is -0.390 e. The molecule has 3 rings (SSSR count). The lowest BCUT2D eigenvalue weighted by molar-refractivity contribution is 0.00578. The van der Waals surface area contributed by atoms with Gasteiger partial charge in [0.1, 0.15) is 0 Å². The Hall–Kier alpha value is -1.66. The topological polar surface area (TPSA) is 40.9 Å². The molecule has 1 unspecified atom stereocenters. The molecule has 0 radical (unpaired) electrons. The number of nitrogens with zero attached hydrogens (tertiary/aromatic N) is 3. The highest BCUT2D eigenvalue weighted by Crippen LogP contribution is 2.15. The van der Waals surface area contributed by atoms with Gasteiger partial charge in [-0.1, -0.05) is 38.1 Å². The molecule has 166 valence electrons. The zero-order valence-corrected chi connectivity index (χ0v) is 19.0. The third-order valence-corrected chi connectivity index (χ3v) is 5.98. The van der Waals surface area contributed by atoms with Crippen molar-refractivity contribution < 1.29 is 9.84 Å². The van der Waals surface area contributed by atoms with Crippen LogP contribution in [-0.4, -0.2) is 71.5 Å². The smallest absolute Gasteiger partial charge is 0.0793 e. The first-order valence-electron chi connectivity index (χ1n) is 11.4. The Morgan fingerprint density at radius 3 is 2.60 bits per heavy atom. The second kappa shape index (κ2) is 11.7. The Bertz CT molecular complexity index is 752. The minimum atomic E-state index is -0.338. The van der Waals surface area contributed by atoms with E-state index in [1.807, 2.05) is 0 Å². The lowest BCUT2D eigenvalue weighted by Gasteiger charge is -2.31. The number of morpholine rings is 1. The van der Waals surface area contributed by atoms with Crippen molar-refractivity contribution in [3.05, 3.63) is 59.4 Å². The molecule has 0 amide bonds. The van der Waals surface area contributed by atoms with Crippen molar-refractivity contribution in [1.82, 2.24) is 14.4 Å². The van der Waals surface area contributed by atoms with Crippen molar-refractivity contribution in [2.45, 2.75) is 46.4 Å². The normalized spacial score (nSPS) is 16.5. The Labute approximate surface area is 182 Å². The lowest BCUT2D eigenvalue weighted by Crippen LogP contribution is -2.44. The van der Waals surface area contributed by atoms with Gasteiger partial charge >= 0.3 is 0 Å². The number of hydrogen-bond acceptors (Lipinski definition) is 4. The van der Waals surface area contributed by atoms with Gasteiger partial charge in [-0.15, -0.1) is 0 Å². The summed E-state index contributed by atoms with van der Waals surface area (Å²) in [6.07, 6.45) is 2.98. The molecule has 0 saturated carbocycles. The number of β-amino-alcohol motifs (C(OH)–C–C–N with tert-alkyl or cyclic N) is 1. The molecule has 30 heavy (non-hydrogen) atoms. The molecule has 1 N–H and O–H groups in total. The van der Waals surface area contributed by atoms with Crippen molar-refractivity contribution in [2.24, 2.45) is 5.92 Å². The zero-order valence-electron chi connectivity index (χ0n) is 19.0. The van der Waals surface area contributed by atoms with Gasteiger partial charge in [-0.2, -0.15) is 0 Å². The van der Waals surface area contributed by atoms with E-state index in [4.69, 9.17) is 4.74 Å². The van der Waals surface area contributed by atoms with Crippen molar-refractivity contribution in [2.75, 3.05) is 45.9 Å². The van der Waals surface area contributed by atoms with Crippen LogP contribution >= 0.6 is 0 Å². The van der Waals surface area contributed by atoms with E-state index in [0.29, 0.717) is 12.5 Å². The minimum absolute atomic E-state index is 0.338. The molecular weight excluding hydrogens is 374 g/mol. The van der Waals surface area contributed by atoms with Gasteiger partial charge in [-0.05, 0) is 49.1 Å². The van der Waals surface area contributed by atoms with Crippen molar-refractivity contribution in [3.8, 4) is 0 Å². The number of aryl methyl sites for hydroxylation is 1. The maximum absolute atomic E-state index is 10.8. The third kappa shape index (κ3) is 7.24. The molecule has 0 bridgehead atoms. The van der Waals surface area contributed by atoms with Crippen LogP contribution in [0.5, 0.6) is 0 Å². The van der Waals surface area contributed by atoms with Crippen LogP contribution in [0, 0.1) is 12.8 Å². The fraction of sp³-hybridized carbons (Fsp3) is 0.600. The molecule has 1 saturated heterocycles. The first-order chi connectivity index (χ1) is 14.5. The Balaban J connectivity index is 1.63. The fourth-order valence-electron chi connectivity index (χ4n) is 4.06. The third-order valence-electron chi connectivity index (χ3n) is 5.98. The van der Waals surface area contributed by atoms with Crippen LogP contribution in [0.2, 0.25) is 0 Å². The van der Waals surface area contributed by atoms with E-state index in [1.54, 1.807) is 0 Å². The number of ether oxygens (including phenoxy) is 1. The fourth-order valence-corrected chi connectivity index (χ4v) is 4.06. The SMILES string of the molecule is Cc1ccccc1Cn1cccc1CN(CCC(C)C)CC(O)CN1CCOCC1. The van der Waals surface area contributed by atoms with Crippen LogP contribution in [0.25, 0.3) is 0 Å². The molecule has 2 aromatic rings. The Morgan fingerprint density at radius 2 is 1.87 bits per heavy atom. The van der Waals surface area contributed by atoms with E-state index < -0.39 is 0 Å². The number of aliphatic hydroxyl groups excluding tert-OH is 1. The van der Waals surface area contributed by atoms with Crippen molar-refractivity contribution in [3.63, 3.8) is 0 Å². The summed E-state index contributed by atoms with van der Waals surface area (Å²) in [6.45, 7) is 14.3. The number of aromatic nitrogens is 1. The van der Waals surface area contributed by atoms with E-state index in [0.717, 1.165) is 58.9 Å². The van der Waals surface area contributed by atoms with Crippen molar-refractivity contribution in [1.29, 1.82) is 0 Å². The Morgan fingerprint density at radius 1 is 1.10 bits per heavy atom. The van der Waals surface area contributed by atoms with Crippen LogP contribution in [-0.2, 0) is 17.8 Å². The van der Waals surface area contributed by atoms with Gasteiger partial charge < -0.3 is 14.4 Å². The lowest BCUT2D eigenvalue weighted by atomic mass is 10.1. The number of benzene rings is 1. The standard InChI is InChI=1S/C25H39N3O2/c1-21(2)10-12-27(20-25(29)19-26-13-15-30-16-14-26)18-24-9-6-11-28(24)17-23-8-5-4-7-22(23)3/h4-9,11,21,25,29H,10,12-20H2,1-3H3. The van der Waals surface area contributed by atoms with Crippen LogP contribution < -0.4 is 0 Å². The summed E-state index contributed by atoms with van der Waals surface area (Å²) in [6, 6.07) is 13.0. The highest BCUT2D eigenvalue weighted by molar-refractivity contribution is 5.26. The number of rotatable bonds is 11. The molecule has 2 heterocycles. The summed E-state index contributed by atoms with van der Waals surface area (Å²) < 4.78 is 7.78. The monoisotopic (exact) mass is 413 g/mol. The number of hydrogen-bond donors (Lipinski definition) is 1.